The fourth-order valence-corrected chi connectivity index (χ4v) is 3.02. The van der Waals surface area contributed by atoms with E-state index in [1.54, 1.807) is 0 Å². The Morgan fingerprint density at radius 2 is 2.16 bits per heavy atom. The minimum atomic E-state index is -0.432. The number of hydrogen-bond donors (Lipinski definition) is 0. The summed E-state index contributed by atoms with van der Waals surface area (Å²) < 4.78 is 12.5. The quantitative estimate of drug-likeness (QED) is 0.807. The second kappa shape index (κ2) is 6.89. The summed E-state index contributed by atoms with van der Waals surface area (Å²) in [4.78, 5) is 12.2. The van der Waals surface area contributed by atoms with Crippen LogP contribution in [-0.4, -0.2) is 22.5 Å². The molecule has 4 rings (SSSR count). The number of nitrogens with zero attached hydrogens (tertiary/aromatic N) is 2. The Labute approximate surface area is 147 Å². The highest BCUT2D eigenvalue weighted by Crippen LogP contribution is 2.28. The van der Waals surface area contributed by atoms with Gasteiger partial charge >= 0.3 is 5.76 Å². The van der Waals surface area contributed by atoms with E-state index in [1.165, 1.54) is 17.5 Å². The average Bonchev–Trinajstić information content (AvgIpc) is 3.39. The monoisotopic (exact) mass is 338 g/mol. The van der Waals surface area contributed by atoms with Gasteiger partial charge in [-0.25, -0.2) is 4.79 Å². The topological polar surface area (TPSA) is 57.3 Å². The zero-order chi connectivity index (χ0) is 17.2. The first kappa shape index (κ1) is 16.2. The molecule has 2 aromatic rings. The first-order valence-corrected chi connectivity index (χ1v) is 9.01. The minimum absolute atomic E-state index is 0.0428. The van der Waals surface area contributed by atoms with Crippen LogP contribution in [0.2, 0.25) is 0 Å². The van der Waals surface area contributed by atoms with Crippen LogP contribution in [0, 0.1) is 24.7 Å². The first-order valence-electron chi connectivity index (χ1n) is 9.01. The van der Waals surface area contributed by atoms with E-state index in [0.29, 0.717) is 18.4 Å². The Morgan fingerprint density at radius 3 is 2.92 bits per heavy atom. The minimum Gasteiger partial charge on any atom is -0.388 e. The lowest BCUT2D eigenvalue weighted by Gasteiger charge is -2.21. The van der Waals surface area contributed by atoms with Gasteiger partial charge < -0.3 is 9.15 Å². The third-order valence-electron chi connectivity index (χ3n) is 4.72. The van der Waals surface area contributed by atoms with Crippen LogP contribution in [-0.2, 0) is 11.3 Å². The summed E-state index contributed by atoms with van der Waals surface area (Å²) in [5.41, 5.74) is 2.77. The summed E-state index contributed by atoms with van der Waals surface area (Å²) in [6.07, 6.45) is 5.62. The molecule has 2 aliphatic rings. The average molecular weight is 338 g/mol. The van der Waals surface area contributed by atoms with Crippen molar-refractivity contribution in [2.75, 3.05) is 6.61 Å². The lowest BCUT2D eigenvalue weighted by atomic mass is 10.1. The molecule has 0 amide bonds. The van der Waals surface area contributed by atoms with Gasteiger partial charge in [0.05, 0.1) is 12.6 Å². The van der Waals surface area contributed by atoms with Crippen molar-refractivity contribution >= 4 is 0 Å². The van der Waals surface area contributed by atoms with Gasteiger partial charge in [0.1, 0.15) is 0 Å². The highest BCUT2D eigenvalue weighted by Gasteiger charge is 2.20. The molecule has 1 aliphatic heterocycles. The standard InChI is InChI=1S/C20H22N2O3/c1-14-5-6-16(10-9-15-7-8-15)12-18(14)19-21-22(20(23)25-19)13-17-4-2-3-11-24-17/h5-6,12,15,17H,2-4,7-8,11,13H2,1H3/t17-/m1/s1. The fraction of sp³-hybridized carbons (Fsp3) is 0.500. The van der Waals surface area contributed by atoms with Crippen LogP contribution in [0.25, 0.3) is 11.5 Å². The molecule has 2 heterocycles. The Balaban J connectivity index is 1.59. The molecule has 130 valence electrons. The third kappa shape index (κ3) is 3.85. The molecule has 5 nitrogen and oxygen atoms in total. The van der Waals surface area contributed by atoms with E-state index in [1.807, 2.05) is 25.1 Å². The third-order valence-corrected chi connectivity index (χ3v) is 4.72. The first-order chi connectivity index (χ1) is 12.2. The number of hydrogen-bond acceptors (Lipinski definition) is 4. The van der Waals surface area contributed by atoms with E-state index >= 15 is 0 Å². The molecule has 1 saturated heterocycles. The zero-order valence-electron chi connectivity index (χ0n) is 14.5. The second-order valence-electron chi connectivity index (χ2n) is 6.92. The van der Waals surface area contributed by atoms with E-state index < -0.39 is 5.76 Å². The van der Waals surface area contributed by atoms with E-state index in [-0.39, 0.29) is 6.10 Å². The van der Waals surface area contributed by atoms with Crippen LogP contribution in [0.4, 0.5) is 0 Å². The molecule has 0 N–H and O–H groups in total. The lowest BCUT2D eigenvalue weighted by Crippen LogP contribution is -2.29. The van der Waals surface area contributed by atoms with E-state index in [4.69, 9.17) is 9.15 Å². The molecule has 1 aromatic carbocycles. The van der Waals surface area contributed by atoms with E-state index in [9.17, 15) is 4.79 Å². The molecule has 0 spiro atoms. The number of benzene rings is 1. The normalized spacial score (nSPS) is 20.1. The molecule has 2 fully saturated rings. The highest BCUT2D eigenvalue weighted by molar-refractivity contribution is 5.61. The molecular weight excluding hydrogens is 316 g/mol. The molecule has 5 heteroatoms. The molecule has 1 aliphatic carbocycles. The molecule has 0 unspecified atom stereocenters. The van der Waals surface area contributed by atoms with Gasteiger partial charge in [-0.15, -0.1) is 5.10 Å². The number of ether oxygens (including phenoxy) is 1. The van der Waals surface area contributed by atoms with E-state index in [2.05, 4.69) is 16.9 Å². The van der Waals surface area contributed by atoms with Gasteiger partial charge in [-0.3, -0.25) is 0 Å². The molecule has 25 heavy (non-hydrogen) atoms. The molecule has 1 aromatic heterocycles. The molecule has 0 bridgehead atoms. The number of rotatable bonds is 3. The van der Waals surface area contributed by atoms with Crippen LogP contribution in [0.15, 0.2) is 27.4 Å². The molecule has 0 radical (unpaired) electrons. The summed E-state index contributed by atoms with van der Waals surface area (Å²) in [7, 11) is 0. The maximum Gasteiger partial charge on any atom is 0.437 e. The van der Waals surface area contributed by atoms with Gasteiger partial charge in [0.15, 0.2) is 0 Å². The number of aromatic nitrogens is 2. The largest absolute Gasteiger partial charge is 0.437 e. The Bertz CT molecular complexity index is 874. The lowest BCUT2D eigenvalue weighted by molar-refractivity contribution is 0.00295. The molecular formula is C20H22N2O3. The summed E-state index contributed by atoms with van der Waals surface area (Å²) in [5, 5.41) is 4.39. The molecule has 1 saturated carbocycles. The van der Waals surface area contributed by atoms with Crippen molar-refractivity contribution < 1.29 is 9.15 Å². The zero-order valence-corrected chi connectivity index (χ0v) is 14.5. The van der Waals surface area contributed by atoms with Crippen molar-refractivity contribution in [1.29, 1.82) is 0 Å². The number of aryl methyl sites for hydroxylation is 1. The predicted molar refractivity (Wildman–Crippen MR) is 94.1 cm³/mol. The van der Waals surface area contributed by atoms with Gasteiger partial charge in [-0.1, -0.05) is 17.9 Å². The van der Waals surface area contributed by atoms with Crippen molar-refractivity contribution in [3.63, 3.8) is 0 Å². The van der Waals surface area contributed by atoms with Gasteiger partial charge in [0.25, 0.3) is 0 Å². The predicted octanol–water partition coefficient (Wildman–Crippen LogP) is 3.14. The fourth-order valence-electron chi connectivity index (χ4n) is 3.02. The van der Waals surface area contributed by atoms with Crippen molar-refractivity contribution in [3.8, 4) is 23.3 Å². The van der Waals surface area contributed by atoms with Crippen LogP contribution >= 0.6 is 0 Å². The maximum absolute atomic E-state index is 12.2. The van der Waals surface area contributed by atoms with Crippen molar-refractivity contribution in [2.24, 2.45) is 5.92 Å². The SMILES string of the molecule is Cc1ccc(C#CC2CC2)cc1-c1nn(C[C@H]2CCCCO2)c(=O)o1. The van der Waals surface area contributed by atoms with Crippen molar-refractivity contribution in [1.82, 2.24) is 9.78 Å². The maximum atomic E-state index is 12.2. The Morgan fingerprint density at radius 1 is 1.28 bits per heavy atom. The van der Waals surface area contributed by atoms with Gasteiger partial charge in [-0.05, 0) is 56.7 Å². The van der Waals surface area contributed by atoms with Gasteiger partial charge in [0.2, 0.25) is 5.89 Å². The van der Waals surface area contributed by atoms with E-state index in [0.717, 1.165) is 42.6 Å². The summed E-state index contributed by atoms with van der Waals surface area (Å²) in [6.45, 7) is 3.18. The van der Waals surface area contributed by atoms with Gasteiger partial charge in [-0.2, -0.15) is 4.68 Å². The smallest absolute Gasteiger partial charge is 0.388 e. The van der Waals surface area contributed by atoms with Crippen molar-refractivity contribution in [2.45, 2.75) is 51.7 Å². The summed E-state index contributed by atoms with van der Waals surface area (Å²) >= 11 is 0. The van der Waals surface area contributed by atoms with Crippen LogP contribution in [0.5, 0.6) is 0 Å². The Hall–Kier alpha value is -2.32. The van der Waals surface area contributed by atoms with Crippen molar-refractivity contribution in [3.05, 3.63) is 39.9 Å². The Kier molecular flexibility index (Phi) is 4.46. The van der Waals surface area contributed by atoms with Crippen LogP contribution in [0.1, 0.15) is 43.2 Å². The summed E-state index contributed by atoms with van der Waals surface area (Å²) in [6, 6.07) is 5.95. The van der Waals surface area contributed by atoms with Crippen LogP contribution < -0.4 is 5.76 Å². The molecule has 1 atom stereocenters. The van der Waals surface area contributed by atoms with Gasteiger partial charge in [0, 0.05) is 23.7 Å². The van der Waals surface area contributed by atoms with Crippen LogP contribution in [0.3, 0.4) is 0 Å². The highest BCUT2D eigenvalue weighted by atomic mass is 16.5. The second-order valence-corrected chi connectivity index (χ2v) is 6.92. The summed E-state index contributed by atoms with van der Waals surface area (Å²) in [5.74, 6) is 6.94.